The molecule has 0 saturated heterocycles. The number of halogens is 1. The van der Waals surface area contributed by atoms with Crippen molar-refractivity contribution < 1.29 is 4.48 Å². The Labute approximate surface area is 140 Å². The predicted octanol–water partition coefficient (Wildman–Crippen LogP) is 6.33. The van der Waals surface area contributed by atoms with Crippen LogP contribution in [0.25, 0.3) is 0 Å². The van der Waals surface area contributed by atoms with Gasteiger partial charge in [-0.05, 0) is 55.4 Å². The number of nitrogens with zero attached hydrogens (tertiary/aromatic N) is 1. The second kappa shape index (κ2) is 7.81. The number of anilines is 1. The molecule has 23 heavy (non-hydrogen) atoms. The Morgan fingerprint density at radius 1 is 1.30 bits per heavy atom. The van der Waals surface area contributed by atoms with Crippen molar-refractivity contribution in [2.24, 2.45) is 5.92 Å². The third-order valence-corrected chi connectivity index (χ3v) is 5.10. The molecule has 0 amide bonds. The molecule has 0 radical (unpaired) electrons. The van der Waals surface area contributed by atoms with Gasteiger partial charge in [0, 0.05) is 5.92 Å². The lowest BCUT2D eigenvalue weighted by Crippen LogP contribution is -2.36. The van der Waals surface area contributed by atoms with E-state index >= 15 is 4.48 Å². The quantitative estimate of drug-likeness (QED) is 0.438. The zero-order valence-electron chi connectivity index (χ0n) is 14.9. The summed E-state index contributed by atoms with van der Waals surface area (Å²) in [5.74, 6) is 0.265. The molecule has 1 aliphatic carbocycles. The van der Waals surface area contributed by atoms with E-state index in [1.54, 1.807) is 0 Å². The number of benzene rings is 1. The fraction of sp³-hybridized carbons (Fsp3) is 0.524. The molecule has 2 unspecified atom stereocenters. The van der Waals surface area contributed by atoms with Crippen LogP contribution in [-0.2, 0) is 6.42 Å². The average Bonchev–Trinajstić information content (AvgIpc) is 2.55. The van der Waals surface area contributed by atoms with Crippen molar-refractivity contribution in [3.05, 3.63) is 53.6 Å². The van der Waals surface area contributed by atoms with Crippen LogP contribution in [0.4, 0.5) is 10.2 Å². The Hall–Kier alpha value is -1.57. The molecular formula is C21H30FN. The van der Waals surface area contributed by atoms with Crippen LogP contribution in [0.5, 0.6) is 0 Å². The van der Waals surface area contributed by atoms with E-state index in [0.29, 0.717) is 5.69 Å². The Bertz CT molecular complexity index is 575. The molecule has 1 aromatic carbocycles. The van der Waals surface area contributed by atoms with Gasteiger partial charge in [-0.15, -0.1) is 0 Å². The number of hydrogen-bond donors (Lipinski definition) is 0. The van der Waals surface area contributed by atoms with Gasteiger partial charge < -0.3 is 0 Å². The fourth-order valence-corrected chi connectivity index (χ4v) is 3.61. The highest BCUT2D eigenvalue weighted by Crippen LogP contribution is 2.39. The zero-order valence-corrected chi connectivity index (χ0v) is 14.9. The second-order valence-electron chi connectivity index (χ2n) is 6.77. The van der Waals surface area contributed by atoms with Crippen molar-refractivity contribution >= 4 is 5.69 Å². The van der Waals surface area contributed by atoms with Gasteiger partial charge in [-0.3, -0.25) is 0 Å². The monoisotopic (exact) mass is 315 g/mol. The SMILES string of the molecule is C=C(CCC)C1CCCC(N(F)c2cc(CC)ccc2C)C1=C. The smallest absolute Gasteiger partial charge is 0.0828 e. The normalized spacial score (nSPS) is 21.3. The highest BCUT2D eigenvalue weighted by molar-refractivity contribution is 5.55. The van der Waals surface area contributed by atoms with Crippen molar-refractivity contribution in [1.29, 1.82) is 0 Å². The molecule has 2 rings (SSSR count). The summed E-state index contributed by atoms with van der Waals surface area (Å²) in [6.45, 7) is 14.7. The Morgan fingerprint density at radius 3 is 2.70 bits per heavy atom. The van der Waals surface area contributed by atoms with E-state index < -0.39 is 0 Å². The van der Waals surface area contributed by atoms with Crippen LogP contribution in [0, 0.1) is 12.8 Å². The summed E-state index contributed by atoms with van der Waals surface area (Å²) in [7, 11) is 0. The van der Waals surface area contributed by atoms with Crippen molar-refractivity contribution in [3.8, 4) is 0 Å². The minimum Gasteiger partial charge on any atom is -0.204 e. The summed E-state index contributed by atoms with van der Waals surface area (Å²) < 4.78 is 15.2. The summed E-state index contributed by atoms with van der Waals surface area (Å²) in [5, 5.41) is 0.961. The summed E-state index contributed by atoms with van der Waals surface area (Å²) in [4.78, 5) is 0. The van der Waals surface area contributed by atoms with E-state index in [-0.39, 0.29) is 12.0 Å². The van der Waals surface area contributed by atoms with Crippen molar-refractivity contribution in [2.45, 2.75) is 65.3 Å². The summed E-state index contributed by atoms with van der Waals surface area (Å²) in [6, 6.07) is 5.84. The molecule has 0 N–H and O–H groups in total. The van der Waals surface area contributed by atoms with Crippen LogP contribution in [-0.4, -0.2) is 6.04 Å². The molecule has 0 spiro atoms. The van der Waals surface area contributed by atoms with Gasteiger partial charge in [0.25, 0.3) is 0 Å². The molecule has 0 heterocycles. The minimum absolute atomic E-state index is 0.229. The molecule has 2 heteroatoms. The topological polar surface area (TPSA) is 3.24 Å². The van der Waals surface area contributed by atoms with Gasteiger partial charge >= 0.3 is 0 Å². The van der Waals surface area contributed by atoms with E-state index in [1.807, 2.05) is 19.1 Å². The molecule has 1 aromatic rings. The van der Waals surface area contributed by atoms with Crippen molar-refractivity contribution in [3.63, 3.8) is 0 Å². The standard InChI is InChI=1S/C21H30FN/c1-6-9-15(3)19-10-8-11-20(17(19)5)23(22)21-14-18(7-2)13-12-16(21)4/h12-14,19-20H,3,5-11H2,1-2,4H3. The summed E-state index contributed by atoms with van der Waals surface area (Å²) >= 11 is 0. The highest BCUT2D eigenvalue weighted by atomic mass is 19.2. The zero-order chi connectivity index (χ0) is 17.0. The number of rotatable bonds is 6. The maximum absolute atomic E-state index is 15.2. The maximum Gasteiger partial charge on any atom is 0.0828 e. The first-order chi connectivity index (χ1) is 11.0. The molecule has 1 nitrogen and oxygen atoms in total. The maximum atomic E-state index is 15.2. The van der Waals surface area contributed by atoms with Gasteiger partial charge in [-0.2, -0.15) is 0 Å². The number of allylic oxidation sites excluding steroid dienone is 1. The third-order valence-electron chi connectivity index (χ3n) is 5.10. The molecule has 1 fully saturated rings. The lowest BCUT2D eigenvalue weighted by atomic mass is 9.76. The average molecular weight is 315 g/mol. The van der Waals surface area contributed by atoms with Crippen LogP contribution in [0.1, 0.15) is 57.1 Å². The molecule has 0 bridgehead atoms. The largest absolute Gasteiger partial charge is 0.204 e. The van der Waals surface area contributed by atoms with Gasteiger partial charge in [0.15, 0.2) is 0 Å². The summed E-state index contributed by atoms with van der Waals surface area (Å²) in [6.07, 6.45) is 5.95. The highest BCUT2D eigenvalue weighted by Gasteiger charge is 2.32. The second-order valence-corrected chi connectivity index (χ2v) is 6.77. The Balaban J connectivity index is 2.23. The minimum atomic E-state index is -0.229. The first-order valence-electron chi connectivity index (χ1n) is 8.90. The molecule has 1 aliphatic rings. The lowest BCUT2D eigenvalue weighted by molar-refractivity contribution is 0.328. The first-order valence-corrected chi connectivity index (χ1v) is 8.90. The molecule has 126 valence electrons. The van der Waals surface area contributed by atoms with Gasteiger partial charge in [0.2, 0.25) is 0 Å². The van der Waals surface area contributed by atoms with Crippen molar-refractivity contribution in [2.75, 3.05) is 5.12 Å². The van der Waals surface area contributed by atoms with Crippen LogP contribution >= 0.6 is 0 Å². The van der Waals surface area contributed by atoms with Gasteiger partial charge in [0.1, 0.15) is 0 Å². The molecule has 0 aromatic heterocycles. The first kappa shape index (κ1) is 17.8. The van der Waals surface area contributed by atoms with E-state index in [0.717, 1.165) is 54.8 Å². The molecule has 1 saturated carbocycles. The Kier molecular flexibility index (Phi) is 6.04. The van der Waals surface area contributed by atoms with Crippen LogP contribution in [0.15, 0.2) is 42.5 Å². The van der Waals surface area contributed by atoms with E-state index in [4.69, 9.17) is 0 Å². The van der Waals surface area contributed by atoms with Crippen LogP contribution < -0.4 is 5.12 Å². The molecule has 0 aliphatic heterocycles. The lowest BCUT2D eigenvalue weighted by Gasteiger charge is -2.37. The Morgan fingerprint density at radius 2 is 2.04 bits per heavy atom. The van der Waals surface area contributed by atoms with E-state index in [2.05, 4.69) is 33.1 Å². The van der Waals surface area contributed by atoms with Gasteiger partial charge in [0.05, 0.1) is 11.7 Å². The number of hydrogen-bond acceptors (Lipinski definition) is 1. The van der Waals surface area contributed by atoms with Gasteiger partial charge in [-0.1, -0.05) is 62.0 Å². The fourth-order valence-electron chi connectivity index (χ4n) is 3.61. The molecule has 2 atom stereocenters. The summed E-state index contributed by atoms with van der Waals surface area (Å²) in [5.41, 5.74) is 5.05. The van der Waals surface area contributed by atoms with Crippen LogP contribution in [0.3, 0.4) is 0 Å². The predicted molar refractivity (Wildman–Crippen MR) is 98.5 cm³/mol. The van der Waals surface area contributed by atoms with Crippen LogP contribution in [0.2, 0.25) is 0 Å². The van der Waals surface area contributed by atoms with E-state index in [9.17, 15) is 0 Å². The third kappa shape index (κ3) is 3.85. The van der Waals surface area contributed by atoms with Crippen molar-refractivity contribution in [1.82, 2.24) is 0 Å². The van der Waals surface area contributed by atoms with E-state index in [1.165, 1.54) is 11.1 Å². The molecular weight excluding hydrogens is 285 g/mol. The number of aryl methyl sites for hydroxylation is 2. The van der Waals surface area contributed by atoms with Gasteiger partial charge in [-0.25, -0.2) is 5.12 Å².